The zero-order valence-electron chi connectivity index (χ0n) is 16.1. The van der Waals surface area contributed by atoms with E-state index in [9.17, 15) is 4.79 Å². The summed E-state index contributed by atoms with van der Waals surface area (Å²) >= 11 is 2.81. The molecule has 1 aromatic heterocycles. The molecule has 0 fully saturated rings. The zero-order chi connectivity index (χ0) is 20.3. The average molecular weight is 427 g/mol. The number of thioether (sulfide) groups is 1. The highest BCUT2D eigenvalue weighted by Gasteiger charge is 2.09. The summed E-state index contributed by atoms with van der Waals surface area (Å²) < 4.78 is 6.51. The summed E-state index contributed by atoms with van der Waals surface area (Å²) in [5.41, 5.74) is 4.39. The maximum absolute atomic E-state index is 12.1. The van der Waals surface area contributed by atoms with Gasteiger partial charge in [0, 0.05) is 11.1 Å². The number of hydrazone groups is 1. The molecule has 1 N–H and O–H groups in total. The van der Waals surface area contributed by atoms with Crippen LogP contribution in [0, 0.1) is 0 Å². The van der Waals surface area contributed by atoms with Crippen LogP contribution in [0.1, 0.15) is 25.3 Å². The van der Waals surface area contributed by atoms with E-state index in [0.29, 0.717) is 6.61 Å². The summed E-state index contributed by atoms with van der Waals surface area (Å²) in [6.45, 7) is 2.78. The van der Waals surface area contributed by atoms with Crippen molar-refractivity contribution in [2.75, 3.05) is 12.4 Å². The normalized spacial score (nSPS) is 10.9. The number of rotatable bonds is 10. The van der Waals surface area contributed by atoms with Gasteiger partial charge in [0.25, 0.3) is 5.91 Å². The summed E-state index contributed by atoms with van der Waals surface area (Å²) in [6.07, 6.45) is 3.67. The number of benzene rings is 2. The summed E-state index contributed by atoms with van der Waals surface area (Å²) in [5, 5.41) is 13.2. The van der Waals surface area contributed by atoms with Gasteiger partial charge in [-0.3, -0.25) is 4.79 Å². The number of nitrogens with one attached hydrogen (secondary N) is 1. The summed E-state index contributed by atoms with van der Waals surface area (Å²) in [4.78, 5) is 12.1. The van der Waals surface area contributed by atoms with Gasteiger partial charge in [-0.2, -0.15) is 5.10 Å². The van der Waals surface area contributed by atoms with Gasteiger partial charge in [-0.15, -0.1) is 10.2 Å². The van der Waals surface area contributed by atoms with Gasteiger partial charge in [0.2, 0.25) is 0 Å². The molecule has 3 rings (SSSR count). The number of aromatic nitrogens is 2. The standard InChI is InChI=1S/C21H22N4O2S2/c1-2-3-13-27-18-12-8-7-11-17(18)14-22-23-19(26)15-28-21-25-24-20(29-21)16-9-5-4-6-10-16/h4-12,14H,2-3,13,15H2,1H3,(H,23,26). The van der Waals surface area contributed by atoms with E-state index < -0.39 is 0 Å². The van der Waals surface area contributed by atoms with Crippen molar-refractivity contribution >= 4 is 35.2 Å². The molecule has 0 spiro atoms. The molecule has 0 radical (unpaired) electrons. The van der Waals surface area contributed by atoms with Crippen molar-refractivity contribution in [1.82, 2.24) is 15.6 Å². The van der Waals surface area contributed by atoms with Crippen LogP contribution in [-0.2, 0) is 4.79 Å². The lowest BCUT2D eigenvalue weighted by atomic mass is 10.2. The molecule has 8 heteroatoms. The van der Waals surface area contributed by atoms with Crippen LogP contribution in [0.4, 0.5) is 0 Å². The summed E-state index contributed by atoms with van der Waals surface area (Å²) in [7, 11) is 0. The Morgan fingerprint density at radius 2 is 1.97 bits per heavy atom. The molecule has 2 aromatic carbocycles. The molecule has 3 aromatic rings. The second-order valence-corrected chi connectivity index (χ2v) is 8.26. The Morgan fingerprint density at radius 3 is 2.79 bits per heavy atom. The van der Waals surface area contributed by atoms with E-state index in [2.05, 4.69) is 27.6 Å². The molecular weight excluding hydrogens is 404 g/mol. The number of carbonyl (C=O) groups excluding carboxylic acids is 1. The highest BCUT2D eigenvalue weighted by atomic mass is 32.2. The first-order valence-corrected chi connectivity index (χ1v) is 11.1. The number of amides is 1. The molecule has 1 heterocycles. The average Bonchev–Trinajstić information content (AvgIpc) is 3.23. The van der Waals surface area contributed by atoms with Gasteiger partial charge in [0.05, 0.1) is 18.6 Å². The Labute approximate surface area is 178 Å². The maximum Gasteiger partial charge on any atom is 0.250 e. The molecule has 1 amide bonds. The van der Waals surface area contributed by atoms with Crippen LogP contribution in [0.3, 0.4) is 0 Å². The van der Waals surface area contributed by atoms with E-state index >= 15 is 0 Å². The third-order valence-electron chi connectivity index (χ3n) is 3.82. The molecule has 0 saturated carbocycles. The zero-order valence-corrected chi connectivity index (χ0v) is 17.7. The summed E-state index contributed by atoms with van der Waals surface area (Å²) in [5.74, 6) is 0.776. The predicted octanol–water partition coefficient (Wildman–Crippen LogP) is 4.63. The van der Waals surface area contributed by atoms with Crippen LogP contribution in [0.5, 0.6) is 5.75 Å². The summed E-state index contributed by atoms with van der Waals surface area (Å²) in [6, 6.07) is 17.5. The van der Waals surface area contributed by atoms with Crippen LogP contribution in [-0.4, -0.2) is 34.7 Å². The van der Waals surface area contributed by atoms with Crippen LogP contribution < -0.4 is 10.2 Å². The Bertz CT molecular complexity index is 945. The topological polar surface area (TPSA) is 76.5 Å². The molecule has 0 aliphatic carbocycles. The van der Waals surface area contributed by atoms with Crippen molar-refractivity contribution in [2.24, 2.45) is 5.10 Å². The molecule has 150 valence electrons. The van der Waals surface area contributed by atoms with Crippen LogP contribution in [0.25, 0.3) is 10.6 Å². The molecule has 0 saturated heterocycles. The fraction of sp³-hybridized carbons (Fsp3) is 0.238. The van der Waals surface area contributed by atoms with Crippen molar-refractivity contribution in [3.8, 4) is 16.3 Å². The number of hydrogen-bond donors (Lipinski definition) is 1. The lowest BCUT2D eigenvalue weighted by Gasteiger charge is -2.07. The van der Waals surface area contributed by atoms with Crippen LogP contribution in [0.2, 0.25) is 0 Å². The largest absolute Gasteiger partial charge is 0.493 e. The first-order chi connectivity index (χ1) is 14.3. The van der Waals surface area contributed by atoms with Crippen LogP contribution >= 0.6 is 23.1 Å². The van der Waals surface area contributed by atoms with E-state index in [1.807, 2.05) is 54.6 Å². The third kappa shape index (κ3) is 6.69. The van der Waals surface area contributed by atoms with E-state index in [0.717, 1.165) is 39.1 Å². The SMILES string of the molecule is CCCCOc1ccccc1C=NNC(=O)CSc1nnc(-c2ccccc2)s1. The van der Waals surface area contributed by atoms with Crippen molar-refractivity contribution in [3.05, 3.63) is 60.2 Å². The number of nitrogens with zero attached hydrogens (tertiary/aromatic N) is 3. The number of carbonyl (C=O) groups is 1. The predicted molar refractivity (Wildman–Crippen MR) is 119 cm³/mol. The number of unbranched alkanes of at least 4 members (excludes halogenated alkanes) is 1. The van der Waals surface area contributed by atoms with Crippen molar-refractivity contribution in [2.45, 2.75) is 24.1 Å². The monoisotopic (exact) mass is 426 g/mol. The molecule has 0 bridgehead atoms. The molecule has 0 unspecified atom stereocenters. The number of hydrogen-bond acceptors (Lipinski definition) is 7. The van der Waals surface area contributed by atoms with Gasteiger partial charge in [-0.05, 0) is 18.6 Å². The van der Waals surface area contributed by atoms with Gasteiger partial charge in [0.15, 0.2) is 4.34 Å². The minimum atomic E-state index is -0.202. The minimum absolute atomic E-state index is 0.202. The van der Waals surface area contributed by atoms with Crippen molar-refractivity contribution in [3.63, 3.8) is 0 Å². The lowest BCUT2D eigenvalue weighted by Crippen LogP contribution is -2.19. The highest BCUT2D eigenvalue weighted by molar-refractivity contribution is 8.01. The van der Waals surface area contributed by atoms with Gasteiger partial charge in [-0.1, -0.05) is 78.9 Å². The molecule has 6 nitrogen and oxygen atoms in total. The first kappa shape index (κ1) is 21.0. The van der Waals surface area contributed by atoms with E-state index in [4.69, 9.17) is 4.74 Å². The van der Waals surface area contributed by atoms with Gasteiger partial charge in [0.1, 0.15) is 10.8 Å². The van der Waals surface area contributed by atoms with Gasteiger partial charge < -0.3 is 4.74 Å². The third-order valence-corrected chi connectivity index (χ3v) is 5.93. The Morgan fingerprint density at radius 1 is 1.17 bits per heavy atom. The highest BCUT2D eigenvalue weighted by Crippen LogP contribution is 2.28. The smallest absolute Gasteiger partial charge is 0.250 e. The van der Waals surface area contributed by atoms with Crippen LogP contribution in [0.15, 0.2) is 64.0 Å². The molecule has 29 heavy (non-hydrogen) atoms. The molecular formula is C21H22N4O2S2. The van der Waals surface area contributed by atoms with Gasteiger partial charge >= 0.3 is 0 Å². The fourth-order valence-electron chi connectivity index (χ4n) is 2.34. The Balaban J connectivity index is 1.48. The number of para-hydroxylation sites is 1. The molecule has 0 aliphatic rings. The molecule has 0 atom stereocenters. The van der Waals surface area contributed by atoms with E-state index in [-0.39, 0.29) is 11.7 Å². The maximum atomic E-state index is 12.1. The Kier molecular flexibility index (Phi) is 8.21. The van der Waals surface area contributed by atoms with E-state index in [1.54, 1.807) is 6.21 Å². The second-order valence-electron chi connectivity index (χ2n) is 6.06. The van der Waals surface area contributed by atoms with Crippen molar-refractivity contribution in [1.29, 1.82) is 0 Å². The first-order valence-electron chi connectivity index (χ1n) is 9.31. The lowest BCUT2D eigenvalue weighted by molar-refractivity contribution is -0.118. The minimum Gasteiger partial charge on any atom is -0.493 e. The van der Waals surface area contributed by atoms with E-state index in [1.165, 1.54) is 23.1 Å². The van der Waals surface area contributed by atoms with Crippen molar-refractivity contribution < 1.29 is 9.53 Å². The second kappa shape index (κ2) is 11.3. The quantitative estimate of drug-likeness (QED) is 0.221. The van der Waals surface area contributed by atoms with Gasteiger partial charge in [-0.25, -0.2) is 5.43 Å². The number of ether oxygens (including phenoxy) is 1. The fourth-order valence-corrected chi connectivity index (χ4v) is 3.99. The molecule has 0 aliphatic heterocycles. The Hall–Kier alpha value is -2.71.